The van der Waals surface area contributed by atoms with E-state index in [1.807, 2.05) is 6.07 Å². The van der Waals surface area contributed by atoms with Crippen molar-refractivity contribution >= 4 is 48.4 Å². The zero-order valence-corrected chi connectivity index (χ0v) is 15.0. The maximum absolute atomic E-state index is 4.99. The van der Waals surface area contributed by atoms with E-state index in [1.165, 1.54) is 26.9 Å². The second-order valence-electron chi connectivity index (χ2n) is 6.17. The lowest BCUT2D eigenvalue weighted by molar-refractivity contribution is 1.43. The van der Waals surface area contributed by atoms with Gasteiger partial charge in [-0.05, 0) is 22.9 Å². The second-order valence-corrected chi connectivity index (χ2v) is 7.02. The van der Waals surface area contributed by atoms with E-state index in [0.29, 0.717) is 0 Å². The zero-order valence-electron chi connectivity index (χ0n) is 13.4. The van der Waals surface area contributed by atoms with Crippen LogP contribution in [0.25, 0.3) is 43.7 Å². The molecule has 1 heterocycles. The van der Waals surface area contributed by atoms with Gasteiger partial charge in [0.25, 0.3) is 0 Å². The number of rotatable bonds is 1. The van der Waals surface area contributed by atoms with E-state index < -0.39 is 0 Å². The number of aromatic nitrogens is 1. The predicted molar refractivity (Wildman–Crippen MR) is 110 cm³/mol. The van der Waals surface area contributed by atoms with Crippen molar-refractivity contribution in [2.24, 2.45) is 0 Å². The summed E-state index contributed by atoms with van der Waals surface area (Å²) in [5.41, 5.74) is 3.21. The van der Waals surface area contributed by atoms with Crippen LogP contribution in [0, 0.1) is 0 Å². The molecule has 0 bridgehead atoms. The standard InChI is InChI=1S/C23H14BrN/c24-20-11-6-10-17-16(20)13-14-19-22(17)18-9-4-5-12-21(18)25-23(19)15-7-2-1-3-8-15/h1-14H. The monoisotopic (exact) mass is 383 g/mol. The Bertz CT molecular complexity index is 1240. The molecule has 0 unspecified atom stereocenters. The fourth-order valence-corrected chi connectivity index (χ4v) is 4.08. The molecule has 0 saturated carbocycles. The van der Waals surface area contributed by atoms with Crippen molar-refractivity contribution in [3.63, 3.8) is 0 Å². The Morgan fingerprint density at radius 3 is 2.16 bits per heavy atom. The second kappa shape index (κ2) is 5.68. The van der Waals surface area contributed by atoms with Crippen molar-refractivity contribution in [2.75, 3.05) is 0 Å². The fraction of sp³-hybridized carbons (Fsp3) is 0. The Hall–Kier alpha value is -2.71. The minimum absolute atomic E-state index is 1.03. The van der Waals surface area contributed by atoms with Gasteiger partial charge in [0.1, 0.15) is 0 Å². The highest BCUT2D eigenvalue weighted by Gasteiger charge is 2.13. The van der Waals surface area contributed by atoms with Crippen LogP contribution < -0.4 is 0 Å². The molecule has 1 aromatic heterocycles. The van der Waals surface area contributed by atoms with Gasteiger partial charge in [-0.15, -0.1) is 0 Å². The van der Waals surface area contributed by atoms with E-state index in [9.17, 15) is 0 Å². The molecule has 0 radical (unpaired) electrons. The molecular formula is C23H14BrN. The van der Waals surface area contributed by atoms with Crippen molar-refractivity contribution in [1.82, 2.24) is 4.98 Å². The fourth-order valence-electron chi connectivity index (χ4n) is 3.59. The molecule has 0 amide bonds. The van der Waals surface area contributed by atoms with Gasteiger partial charge in [0.05, 0.1) is 11.2 Å². The highest BCUT2D eigenvalue weighted by Crippen LogP contribution is 2.38. The molecule has 0 spiro atoms. The Morgan fingerprint density at radius 1 is 0.560 bits per heavy atom. The van der Waals surface area contributed by atoms with Gasteiger partial charge in [-0.2, -0.15) is 0 Å². The van der Waals surface area contributed by atoms with Crippen LogP contribution in [0.3, 0.4) is 0 Å². The summed E-state index contributed by atoms with van der Waals surface area (Å²) in [6.07, 6.45) is 0. The summed E-state index contributed by atoms with van der Waals surface area (Å²) >= 11 is 3.69. The molecule has 4 aromatic carbocycles. The van der Waals surface area contributed by atoms with Crippen LogP contribution in [0.15, 0.2) is 89.4 Å². The van der Waals surface area contributed by atoms with Gasteiger partial charge >= 0.3 is 0 Å². The normalized spacial score (nSPS) is 11.4. The third-order valence-corrected chi connectivity index (χ3v) is 5.41. The van der Waals surface area contributed by atoms with Crippen LogP contribution in [0.4, 0.5) is 0 Å². The maximum atomic E-state index is 4.99. The van der Waals surface area contributed by atoms with E-state index in [4.69, 9.17) is 4.98 Å². The minimum Gasteiger partial charge on any atom is -0.247 e. The third kappa shape index (κ3) is 2.25. The number of hydrogen-bond donors (Lipinski definition) is 0. The van der Waals surface area contributed by atoms with Crippen molar-refractivity contribution in [3.8, 4) is 11.3 Å². The molecular weight excluding hydrogens is 370 g/mol. The SMILES string of the molecule is Brc1cccc2c1ccc1c(-c3ccccc3)nc3ccccc3c12. The topological polar surface area (TPSA) is 12.9 Å². The van der Waals surface area contributed by atoms with Gasteiger partial charge in [-0.25, -0.2) is 4.98 Å². The minimum atomic E-state index is 1.03. The first-order chi connectivity index (χ1) is 12.3. The maximum Gasteiger partial charge on any atom is 0.0788 e. The Kier molecular flexibility index (Phi) is 3.32. The largest absolute Gasteiger partial charge is 0.247 e. The van der Waals surface area contributed by atoms with Gasteiger partial charge in [-0.1, -0.05) is 88.7 Å². The van der Waals surface area contributed by atoms with Crippen molar-refractivity contribution in [1.29, 1.82) is 0 Å². The van der Waals surface area contributed by atoms with Gasteiger partial charge in [0.15, 0.2) is 0 Å². The highest BCUT2D eigenvalue weighted by atomic mass is 79.9. The summed E-state index contributed by atoms with van der Waals surface area (Å²) in [5.74, 6) is 0. The van der Waals surface area contributed by atoms with Crippen molar-refractivity contribution < 1.29 is 0 Å². The third-order valence-electron chi connectivity index (χ3n) is 4.72. The number of nitrogens with zero attached hydrogens (tertiary/aromatic N) is 1. The molecule has 0 fully saturated rings. The Morgan fingerprint density at radius 2 is 1.28 bits per heavy atom. The molecule has 0 aliphatic carbocycles. The predicted octanol–water partition coefficient (Wildman–Crippen LogP) is 6.97. The number of pyridine rings is 1. The molecule has 118 valence electrons. The van der Waals surface area contributed by atoms with Crippen LogP contribution >= 0.6 is 15.9 Å². The summed E-state index contributed by atoms with van der Waals surface area (Å²) in [4.78, 5) is 4.99. The van der Waals surface area contributed by atoms with E-state index >= 15 is 0 Å². The van der Waals surface area contributed by atoms with Crippen LogP contribution in [-0.4, -0.2) is 4.98 Å². The van der Waals surface area contributed by atoms with Crippen LogP contribution in [-0.2, 0) is 0 Å². The first kappa shape index (κ1) is 14.6. The zero-order chi connectivity index (χ0) is 16.8. The van der Waals surface area contributed by atoms with Gasteiger partial charge < -0.3 is 0 Å². The molecule has 1 nitrogen and oxygen atoms in total. The quantitative estimate of drug-likeness (QED) is 0.284. The summed E-state index contributed by atoms with van der Waals surface area (Å²) in [5, 5.41) is 6.13. The molecule has 25 heavy (non-hydrogen) atoms. The summed E-state index contributed by atoms with van der Waals surface area (Å²) < 4.78 is 1.12. The average Bonchev–Trinajstić information content (AvgIpc) is 2.68. The van der Waals surface area contributed by atoms with Crippen molar-refractivity contribution in [3.05, 3.63) is 89.4 Å². The Labute approximate surface area is 154 Å². The molecule has 0 saturated heterocycles. The molecule has 2 heteroatoms. The van der Waals surface area contributed by atoms with Crippen LogP contribution in [0.5, 0.6) is 0 Å². The van der Waals surface area contributed by atoms with E-state index in [-0.39, 0.29) is 0 Å². The molecule has 0 aliphatic heterocycles. The number of benzene rings is 4. The van der Waals surface area contributed by atoms with E-state index in [1.54, 1.807) is 0 Å². The Balaban J connectivity index is 2.06. The number of fused-ring (bicyclic) bond motifs is 5. The van der Waals surface area contributed by atoms with Gasteiger partial charge in [0, 0.05) is 26.2 Å². The lowest BCUT2D eigenvalue weighted by Gasteiger charge is -2.13. The molecule has 0 aliphatic rings. The highest BCUT2D eigenvalue weighted by molar-refractivity contribution is 9.10. The number of hydrogen-bond acceptors (Lipinski definition) is 1. The van der Waals surface area contributed by atoms with Crippen molar-refractivity contribution in [2.45, 2.75) is 0 Å². The molecule has 5 aromatic rings. The smallest absolute Gasteiger partial charge is 0.0788 e. The van der Waals surface area contributed by atoms with Crippen LogP contribution in [0.2, 0.25) is 0 Å². The molecule has 0 atom stereocenters. The van der Waals surface area contributed by atoms with Gasteiger partial charge in [0.2, 0.25) is 0 Å². The van der Waals surface area contributed by atoms with Crippen LogP contribution in [0.1, 0.15) is 0 Å². The lowest BCUT2D eigenvalue weighted by Crippen LogP contribution is -1.90. The summed E-state index contributed by atoms with van der Waals surface area (Å²) in [7, 11) is 0. The van der Waals surface area contributed by atoms with E-state index in [2.05, 4.69) is 94.8 Å². The average molecular weight is 384 g/mol. The molecule has 0 N–H and O–H groups in total. The molecule has 5 rings (SSSR count). The number of halogens is 1. The number of para-hydroxylation sites is 1. The summed E-state index contributed by atoms with van der Waals surface area (Å²) in [6.45, 7) is 0. The first-order valence-corrected chi connectivity index (χ1v) is 9.07. The lowest BCUT2D eigenvalue weighted by atomic mass is 9.95. The van der Waals surface area contributed by atoms with Gasteiger partial charge in [-0.3, -0.25) is 0 Å². The van der Waals surface area contributed by atoms with E-state index in [0.717, 1.165) is 21.2 Å². The summed E-state index contributed by atoms with van der Waals surface area (Å²) in [6, 6.07) is 29.6. The first-order valence-electron chi connectivity index (χ1n) is 8.28.